The van der Waals surface area contributed by atoms with Gasteiger partial charge in [-0.1, -0.05) is 0 Å². The summed E-state index contributed by atoms with van der Waals surface area (Å²) in [4.78, 5) is 0. The highest BCUT2D eigenvalue weighted by molar-refractivity contribution is 9.10. The Balaban J connectivity index is 2.29. The quantitative estimate of drug-likeness (QED) is 0.935. The van der Waals surface area contributed by atoms with Crippen molar-refractivity contribution in [1.82, 2.24) is 9.78 Å². The summed E-state index contributed by atoms with van der Waals surface area (Å²) >= 11 is 3.50. The lowest BCUT2D eigenvalue weighted by Crippen LogP contribution is -2.32. The monoisotopic (exact) mass is 325 g/mol. The molecule has 0 aliphatic rings. The number of aromatic nitrogens is 2. The molecule has 0 saturated carbocycles. The summed E-state index contributed by atoms with van der Waals surface area (Å²) in [7, 11) is 0. The van der Waals surface area contributed by atoms with Gasteiger partial charge in [-0.15, -0.1) is 0 Å². The van der Waals surface area contributed by atoms with Crippen LogP contribution in [0.3, 0.4) is 0 Å². The van der Waals surface area contributed by atoms with E-state index in [4.69, 9.17) is 5.73 Å². The summed E-state index contributed by atoms with van der Waals surface area (Å²) in [5, 5.41) is 4.32. The van der Waals surface area contributed by atoms with Gasteiger partial charge in [0.1, 0.15) is 5.82 Å². The van der Waals surface area contributed by atoms with E-state index in [2.05, 4.69) is 21.0 Å². The Labute approximate surface area is 120 Å². The van der Waals surface area contributed by atoms with E-state index in [0.717, 1.165) is 28.7 Å². The van der Waals surface area contributed by atoms with Crippen LogP contribution in [-0.2, 0) is 6.42 Å². The van der Waals surface area contributed by atoms with E-state index in [1.807, 2.05) is 18.5 Å². The van der Waals surface area contributed by atoms with E-state index < -0.39 is 0 Å². The van der Waals surface area contributed by atoms with Gasteiger partial charge in [0, 0.05) is 5.54 Å². The maximum atomic E-state index is 13.0. The van der Waals surface area contributed by atoms with Crippen molar-refractivity contribution in [2.24, 2.45) is 5.73 Å². The highest BCUT2D eigenvalue weighted by atomic mass is 79.9. The predicted molar refractivity (Wildman–Crippen MR) is 77.8 cm³/mol. The first-order valence-corrected chi connectivity index (χ1v) is 6.93. The third-order valence-electron chi connectivity index (χ3n) is 2.90. The zero-order valence-corrected chi connectivity index (χ0v) is 12.6. The molecule has 0 amide bonds. The minimum atomic E-state index is -0.250. The molecule has 0 atom stereocenters. The normalized spacial score (nSPS) is 11.8. The van der Waals surface area contributed by atoms with E-state index in [0.29, 0.717) is 0 Å². The summed E-state index contributed by atoms with van der Waals surface area (Å²) in [6.07, 6.45) is 3.40. The van der Waals surface area contributed by atoms with Crippen molar-refractivity contribution in [2.75, 3.05) is 0 Å². The SMILES string of the molecule is CC(C)(N)CCc1c(Br)cnn1-c1ccc(F)cc1. The number of hydrogen-bond acceptors (Lipinski definition) is 2. The van der Waals surface area contributed by atoms with Crippen molar-refractivity contribution in [3.63, 3.8) is 0 Å². The van der Waals surface area contributed by atoms with Gasteiger partial charge in [0.2, 0.25) is 0 Å². The number of nitrogens with zero attached hydrogens (tertiary/aromatic N) is 2. The molecule has 5 heteroatoms. The van der Waals surface area contributed by atoms with Gasteiger partial charge in [-0.2, -0.15) is 5.10 Å². The number of halogens is 2. The van der Waals surface area contributed by atoms with E-state index in [1.54, 1.807) is 18.3 Å². The van der Waals surface area contributed by atoms with E-state index in [1.165, 1.54) is 12.1 Å². The van der Waals surface area contributed by atoms with Gasteiger partial charge in [0.05, 0.1) is 22.1 Å². The molecule has 0 aliphatic carbocycles. The van der Waals surface area contributed by atoms with E-state index >= 15 is 0 Å². The Morgan fingerprint density at radius 3 is 2.53 bits per heavy atom. The molecule has 2 N–H and O–H groups in total. The van der Waals surface area contributed by atoms with E-state index in [9.17, 15) is 4.39 Å². The lowest BCUT2D eigenvalue weighted by molar-refractivity contribution is 0.471. The molecule has 19 heavy (non-hydrogen) atoms. The molecule has 102 valence electrons. The number of nitrogens with two attached hydrogens (primary N) is 1. The van der Waals surface area contributed by atoms with Gasteiger partial charge >= 0.3 is 0 Å². The molecule has 0 saturated heterocycles. The highest BCUT2D eigenvalue weighted by Gasteiger charge is 2.16. The van der Waals surface area contributed by atoms with Gasteiger partial charge < -0.3 is 5.73 Å². The number of hydrogen-bond donors (Lipinski definition) is 1. The minimum absolute atomic E-state index is 0.225. The molecule has 0 bridgehead atoms. The van der Waals surface area contributed by atoms with Gasteiger partial charge in [-0.3, -0.25) is 0 Å². The maximum absolute atomic E-state index is 13.0. The molecule has 3 nitrogen and oxygen atoms in total. The van der Waals surface area contributed by atoms with Crippen molar-refractivity contribution in [1.29, 1.82) is 0 Å². The molecule has 2 rings (SSSR count). The van der Waals surface area contributed by atoms with Crippen molar-refractivity contribution >= 4 is 15.9 Å². The molecule has 1 aromatic carbocycles. The largest absolute Gasteiger partial charge is 0.326 e. The molecule has 2 aromatic rings. The van der Waals surface area contributed by atoms with Crippen LogP contribution in [0.1, 0.15) is 26.0 Å². The second-order valence-electron chi connectivity index (χ2n) is 5.32. The van der Waals surface area contributed by atoms with Crippen LogP contribution in [-0.4, -0.2) is 15.3 Å². The van der Waals surface area contributed by atoms with Crippen molar-refractivity contribution in [3.8, 4) is 5.69 Å². The second-order valence-corrected chi connectivity index (χ2v) is 6.17. The third kappa shape index (κ3) is 3.64. The molecule has 1 aromatic heterocycles. The Kier molecular flexibility index (Phi) is 4.06. The maximum Gasteiger partial charge on any atom is 0.123 e. The summed E-state index contributed by atoms with van der Waals surface area (Å²) < 4.78 is 15.7. The molecular formula is C14H17BrFN3. The first-order chi connectivity index (χ1) is 8.87. The fraction of sp³-hybridized carbons (Fsp3) is 0.357. The predicted octanol–water partition coefficient (Wildman–Crippen LogP) is 3.44. The number of rotatable bonds is 4. The van der Waals surface area contributed by atoms with Crippen LogP contribution in [0.4, 0.5) is 4.39 Å². The van der Waals surface area contributed by atoms with Crippen LogP contribution in [0.2, 0.25) is 0 Å². The zero-order valence-electron chi connectivity index (χ0n) is 11.0. The molecule has 1 heterocycles. The van der Waals surface area contributed by atoms with Crippen LogP contribution in [0.25, 0.3) is 5.69 Å². The Morgan fingerprint density at radius 2 is 1.95 bits per heavy atom. The topological polar surface area (TPSA) is 43.8 Å². The molecule has 0 fully saturated rings. The first kappa shape index (κ1) is 14.2. The molecule has 0 spiro atoms. The zero-order chi connectivity index (χ0) is 14.0. The van der Waals surface area contributed by atoms with Crippen molar-refractivity contribution < 1.29 is 4.39 Å². The fourth-order valence-corrected chi connectivity index (χ4v) is 2.28. The van der Waals surface area contributed by atoms with Gasteiger partial charge in [-0.25, -0.2) is 9.07 Å². The Morgan fingerprint density at radius 1 is 1.32 bits per heavy atom. The summed E-state index contributed by atoms with van der Waals surface area (Å²) in [6.45, 7) is 4.00. The third-order valence-corrected chi connectivity index (χ3v) is 3.56. The smallest absolute Gasteiger partial charge is 0.123 e. The van der Waals surface area contributed by atoms with Gasteiger partial charge in [0.25, 0.3) is 0 Å². The first-order valence-electron chi connectivity index (χ1n) is 6.14. The van der Waals surface area contributed by atoms with E-state index in [-0.39, 0.29) is 11.4 Å². The van der Waals surface area contributed by atoms with Crippen molar-refractivity contribution in [2.45, 2.75) is 32.2 Å². The van der Waals surface area contributed by atoms with Crippen LogP contribution in [0.5, 0.6) is 0 Å². The Bertz CT molecular complexity index is 555. The molecule has 0 radical (unpaired) electrons. The molecule has 0 unspecified atom stereocenters. The lowest BCUT2D eigenvalue weighted by atomic mass is 9.99. The van der Waals surface area contributed by atoms with Crippen LogP contribution in [0, 0.1) is 5.82 Å². The van der Waals surface area contributed by atoms with Gasteiger partial charge in [-0.05, 0) is 66.9 Å². The average molecular weight is 326 g/mol. The summed E-state index contributed by atoms with van der Waals surface area (Å²) in [5.74, 6) is -0.250. The number of benzene rings is 1. The highest BCUT2D eigenvalue weighted by Crippen LogP contribution is 2.23. The van der Waals surface area contributed by atoms with Crippen LogP contribution in [0.15, 0.2) is 34.9 Å². The average Bonchev–Trinajstić information content (AvgIpc) is 2.68. The summed E-state index contributed by atoms with van der Waals surface area (Å²) in [6, 6.07) is 6.29. The van der Waals surface area contributed by atoms with Gasteiger partial charge in [0.15, 0.2) is 0 Å². The minimum Gasteiger partial charge on any atom is -0.326 e. The van der Waals surface area contributed by atoms with Crippen LogP contribution >= 0.6 is 15.9 Å². The second kappa shape index (κ2) is 5.43. The lowest BCUT2D eigenvalue weighted by Gasteiger charge is -2.18. The molecule has 0 aliphatic heterocycles. The van der Waals surface area contributed by atoms with Crippen molar-refractivity contribution in [3.05, 3.63) is 46.4 Å². The standard InChI is InChI=1S/C14H17BrFN3/c1-14(2,17)8-7-13-12(15)9-18-19(13)11-5-3-10(16)4-6-11/h3-6,9H,7-8,17H2,1-2H3. The fourth-order valence-electron chi connectivity index (χ4n) is 1.82. The van der Waals surface area contributed by atoms with Crippen LogP contribution < -0.4 is 5.73 Å². The molecular weight excluding hydrogens is 309 g/mol. The summed E-state index contributed by atoms with van der Waals surface area (Å²) in [5.41, 5.74) is 7.68. The Hall–Kier alpha value is -1.20.